The first kappa shape index (κ1) is 31.1. The first-order valence-corrected chi connectivity index (χ1v) is 14.8. The number of hydrogen-bond acceptors (Lipinski definition) is 5. The molecule has 214 valence electrons. The number of ketones is 1. The number of aromatic hydroxyl groups is 1. The van der Waals surface area contributed by atoms with E-state index >= 15 is 0 Å². The molecule has 1 heterocycles. The molecular formula is C35H46N2O3. The van der Waals surface area contributed by atoms with Crippen LogP contribution in [0.15, 0.2) is 60.7 Å². The van der Waals surface area contributed by atoms with E-state index in [4.69, 9.17) is 10.1 Å². The third-order valence-electron chi connectivity index (χ3n) is 7.39. The number of rotatable bonds is 13. The SMILES string of the molecule is CCCCCC1CCN1.CCCc1c(OCc2ccc(Cc3cccc(C(C)=N)c3)cc2)ccc(C(C)=O)c1O. The number of Topliss-reactive ketones (excluding diaryl/α,β-unsaturated/α-hetero) is 1. The highest BCUT2D eigenvalue weighted by Gasteiger charge is 2.16. The monoisotopic (exact) mass is 542 g/mol. The van der Waals surface area contributed by atoms with Gasteiger partial charge in [-0.2, -0.15) is 0 Å². The topological polar surface area (TPSA) is 82.4 Å². The summed E-state index contributed by atoms with van der Waals surface area (Å²) in [6, 6.07) is 20.6. The maximum Gasteiger partial charge on any atom is 0.163 e. The fourth-order valence-corrected chi connectivity index (χ4v) is 4.83. The highest BCUT2D eigenvalue weighted by molar-refractivity contribution is 5.97. The van der Waals surface area contributed by atoms with E-state index in [0.29, 0.717) is 35.6 Å². The van der Waals surface area contributed by atoms with E-state index in [-0.39, 0.29) is 11.5 Å². The zero-order valence-electron chi connectivity index (χ0n) is 24.7. The number of benzene rings is 3. The Hall–Kier alpha value is -3.44. The number of phenolic OH excluding ortho intramolecular Hbond substituents is 1. The lowest BCUT2D eigenvalue weighted by atomic mass is 10.0. The second kappa shape index (κ2) is 16.0. The normalized spacial score (nSPS) is 14.1. The third kappa shape index (κ3) is 9.34. The van der Waals surface area contributed by atoms with Crippen molar-refractivity contribution in [2.24, 2.45) is 0 Å². The zero-order valence-corrected chi connectivity index (χ0v) is 24.7. The predicted molar refractivity (Wildman–Crippen MR) is 165 cm³/mol. The van der Waals surface area contributed by atoms with E-state index in [1.165, 1.54) is 56.7 Å². The molecular weight excluding hydrogens is 496 g/mol. The largest absolute Gasteiger partial charge is 0.507 e. The highest BCUT2D eigenvalue weighted by Crippen LogP contribution is 2.33. The van der Waals surface area contributed by atoms with E-state index in [2.05, 4.69) is 36.5 Å². The van der Waals surface area contributed by atoms with Crippen molar-refractivity contribution in [2.75, 3.05) is 6.54 Å². The minimum atomic E-state index is -0.154. The fraction of sp³-hybridized carbons (Fsp3) is 0.429. The van der Waals surface area contributed by atoms with Crippen LogP contribution in [0.4, 0.5) is 0 Å². The van der Waals surface area contributed by atoms with E-state index in [9.17, 15) is 9.90 Å². The van der Waals surface area contributed by atoms with Crippen molar-refractivity contribution < 1.29 is 14.6 Å². The summed E-state index contributed by atoms with van der Waals surface area (Å²) in [4.78, 5) is 11.7. The van der Waals surface area contributed by atoms with Crippen LogP contribution in [-0.4, -0.2) is 29.2 Å². The Morgan fingerprint density at radius 2 is 1.70 bits per heavy atom. The van der Waals surface area contributed by atoms with E-state index in [1.807, 2.05) is 31.2 Å². The molecule has 3 N–H and O–H groups in total. The standard InChI is InChI=1S/C27H29NO3.C8H17N/c1-4-6-25-26(14-13-24(19(3)29)27(25)30)31-17-21-11-9-20(10-12-21)15-22-7-5-8-23(16-22)18(2)28;1-2-3-4-5-8-6-7-9-8/h5,7-14,16,28,30H,4,6,15,17H2,1-3H3;8-9H,2-7H2,1H3. The molecule has 0 amide bonds. The molecule has 3 aromatic carbocycles. The summed E-state index contributed by atoms with van der Waals surface area (Å²) in [5, 5.41) is 21.7. The lowest BCUT2D eigenvalue weighted by molar-refractivity contribution is 0.101. The molecule has 1 unspecified atom stereocenters. The Bertz CT molecular complexity index is 1250. The molecule has 1 aliphatic rings. The van der Waals surface area contributed by atoms with Crippen molar-refractivity contribution in [3.63, 3.8) is 0 Å². The van der Waals surface area contributed by atoms with Gasteiger partial charge in [0, 0.05) is 17.3 Å². The van der Waals surface area contributed by atoms with Crippen LogP contribution < -0.4 is 10.1 Å². The fourth-order valence-electron chi connectivity index (χ4n) is 4.83. The molecule has 4 rings (SSSR count). The Morgan fingerprint density at radius 1 is 0.975 bits per heavy atom. The van der Waals surface area contributed by atoms with Gasteiger partial charge in [-0.05, 0) is 86.5 Å². The van der Waals surface area contributed by atoms with Gasteiger partial charge in [0.2, 0.25) is 0 Å². The van der Waals surface area contributed by atoms with Crippen LogP contribution in [0, 0.1) is 5.41 Å². The predicted octanol–water partition coefficient (Wildman–Crippen LogP) is 8.03. The molecule has 3 aromatic rings. The second-order valence-electron chi connectivity index (χ2n) is 10.8. The molecule has 0 aromatic heterocycles. The second-order valence-corrected chi connectivity index (χ2v) is 10.8. The van der Waals surface area contributed by atoms with Gasteiger partial charge >= 0.3 is 0 Å². The van der Waals surface area contributed by atoms with Gasteiger partial charge in [-0.1, -0.05) is 82.0 Å². The molecule has 0 bridgehead atoms. The van der Waals surface area contributed by atoms with E-state index in [1.54, 1.807) is 19.1 Å². The molecule has 5 nitrogen and oxygen atoms in total. The van der Waals surface area contributed by atoms with Crippen LogP contribution in [0.2, 0.25) is 0 Å². The van der Waals surface area contributed by atoms with Gasteiger partial charge in [-0.3, -0.25) is 4.79 Å². The first-order valence-electron chi connectivity index (χ1n) is 14.8. The Morgan fingerprint density at radius 3 is 2.30 bits per heavy atom. The van der Waals surface area contributed by atoms with Crippen molar-refractivity contribution in [1.29, 1.82) is 5.41 Å². The number of hydrogen-bond donors (Lipinski definition) is 3. The van der Waals surface area contributed by atoms with Crippen LogP contribution in [0.5, 0.6) is 11.5 Å². The summed E-state index contributed by atoms with van der Waals surface area (Å²) >= 11 is 0. The molecule has 1 fully saturated rings. The molecule has 40 heavy (non-hydrogen) atoms. The molecule has 1 saturated heterocycles. The van der Waals surface area contributed by atoms with Crippen LogP contribution in [0.25, 0.3) is 0 Å². The summed E-state index contributed by atoms with van der Waals surface area (Å²) < 4.78 is 6.00. The van der Waals surface area contributed by atoms with Crippen LogP contribution >= 0.6 is 0 Å². The van der Waals surface area contributed by atoms with Gasteiger partial charge in [0.1, 0.15) is 18.1 Å². The minimum absolute atomic E-state index is 0.0320. The van der Waals surface area contributed by atoms with Gasteiger partial charge in [0.25, 0.3) is 0 Å². The van der Waals surface area contributed by atoms with Crippen molar-refractivity contribution in [1.82, 2.24) is 5.32 Å². The van der Waals surface area contributed by atoms with Crippen molar-refractivity contribution >= 4 is 11.5 Å². The number of unbranched alkanes of at least 4 members (excludes halogenated alkanes) is 2. The van der Waals surface area contributed by atoms with Crippen LogP contribution in [-0.2, 0) is 19.4 Å². The lowest BCUT2D eigenvalue weighted by Crippen LogP contribution is -2.42. The summed E-state index contributed by atoms with van der Waals surface area (Å²) in [7, 11) is 0. The van der Waals surface area contributed by atoms with Gasteiger partial charge in [0.05, 0.1) is 5.56 Å². The average Bonchev–Trinajstić information content (AvgIpc) is 2.91. The molecule has 1 aliphatic heterocycles. The first-order chi connectivity index (χ1) is 19.3. The van der Waals surface area contributed by atoms with Crippen molar-refractivity contribution in [2.45, 2.75) is 91.7 Å². The number of carbonyl (C=O) groups excluding carboxylic acids is 1. The van der Waals surface area contributed by atoms with Gasteiger partial charge in [-0.25, -0.2) is 0 Å². The molecule has 0 saturated carbocycles. The maximum absolute atomic E-state index is 11.7. The number of nitrogens with one attached hydrogen (secondary N) is 2. The maximum atomic E-state index is 11.7. The summed E-state index contributed by atoms with van der Waals surface area (Å²) in [5.74, 6) is 0.496. The van der Waals surface area contributed by atoms with Crippen molar-refractivity contribution in [3.8, 4) is 11.5 Å². The summed E-state index contributed by atoms with van der Waals surface area (Å²) in [6.45, 7) is 9.19. The van der Waals surface area contributed by atoms with Gasteiger partial charge in [-0.15, -0.1) is 0 Å². The highest BCUT2D eigenvalue weighted by atomic mass is 16.5. The number of ether oxygens (including phenoxy) is 1. The van der Waals surface area contributed by atoms with Crippen molar-refractivity contribution in [3.05, 3.63) is 94.0 Å². The summed E-state index contributed by atoms with van der Waals surface area (Å²) in [5.41, 5.74) is 5.95. The average molecular weight is 543 g/mol. The Labute approximate surface area is 240 Å². The molecule has 5 heteroatoms. The molecule has 0 spiro atoms. The van der Waals surface area contributed by atoms with Crippen LogP contribution in [0.3, 0.4) is 0 Å². The van der Waals surface area contributed by atoms with Gasteiger partial charge < -0.3 is 20.6 Å². The molecule has 0 aliphatic carbocycles. The summed E-state index contributed by atoms with van der Waals surface area (Å²) in [6.07, 6.45) is 9.33. The lowest BCUT2D eigenvalue weighted by Gasteiger charge is -2.27. The van der Waals surface area contributed by atoms with E-state index < -0.39 is 0 Å². The van der Waals surface area contributed by atoms with Gasteiger partial charge in [0.15, 0.2) is 5.78 Å². The smallest absolute Gasteiger partial charge is 0.163 e. The van der Waals surface area contributed by atoms with E-state index in [0.717, 1.165) is 30.0 Å². The number of carbonyl (C=O) groups is 1. The quantitative estimate of drug-likeness (QED) is 0.116. The third-order valence-corrected chi connectivity index (χ3v) is 7.39. The Balaban J connectivity index is 0.000000415. The molecule has 0 radical (unpaired) electrons. The zero-order chi connectivity index (χ0) is 28.9. The molecule has 1 atom stereocenters. The van der Waals surface area contributed by atoms with Crippen LogP contribution in [0.1, 0.15) is 104 Å². The Kier molecular flexibility index (Phi) is 12.4. The minimum Gasteiger partial charge on any atom is -0.507 e. The number of phenols is 1.